The molecule has 0 N–H and O–H groups in total. The molecule has 0 atom stereocenters. The highest BCUT2D eigenvalue weighted by atomic mass is 32.1. The van der Waals surface area contributed by atoms with E-state index < -0.39 is 0 Å². The molecule has 0 aliphatic carbocycles. The van der Waals surface area contributed by atoms with E-state index in [9.17, 15) is 0 Å². The Balaban J connectivity index is 1.15. The number of fused-ring (bicyclic) bond motifs is 17. The summed E-state index contributed by atoms with van der Waals surface area (Å²) in [5.74, 6) is 0. The first kappa shape index (κ1) is 34.9. The minimum absolute atomic E-state index is 0.00816. The van der Waals surface area contributed by atoms with Crippen LogP contribution < -0.4 is 15.7 Å². The molecule has 0 saturated heterocycles. The van der Waals surface area contributed by atoms with Crippen molar-refractivity contribution in [3.05, 3.63) is 151 Å². The first-order chi connectivity index (χ1) is 30.0. The van der Waals surface area contributed by atoms with Gasteiger partial charge in [-0.3, -0.25) is 0 Å². The minimum atomic E-state index is -0.110. The van der Waals surface area contributed by atoms with Gasteiger partial charge >= 0.3 is 6.85 Å². The van der Waals surface area contributed by atoms with Crippen molar-refractivity contribution in [1.29, 1.82) is 0 Å². The molecule has 6 heterocycles. The largest absolute Gasteiger partial charge is 0.456 e. The third kappa shape index (κ3) is 4.52. The number of thiophene rings is 1. The van der Waals surface area contributed by atoms with Crippen LogP contribution in [0.15, 0.2) is 148 Å². The van der Waals surface area contributed by atoms with E-state index in [4.69, 9.17) is 8.83 Å². The molecule has 4 nitrogen and oxygen atoms in total. The Hall–Kier alpha value is -6.76. The smallest absolute Gasteiger partial charge is 0.333 e. The van der Waals surface area contributed by atoms with Crippen molar-refractivity contribution in [3.8, 4) is 16.8 Å². The molecule has 0 unspecified atom stereocenters. The van der Waals surface area contributed by atoms with Crippen molar-refractivity contribution in [1.82, 2.24) is 4.57 Å². The number of para-hydroxylation sites is 1. The summed E-state index contributed by atoms with van der Waals surface area (Å²) in [6.07, 6.45) is 0. The third-order valence-electron chi connectivity index (χ3n) is 14.1. The van der Waals surface area contributed by atoms with E-state index in [1.54, 1.807) is 0 Å². The highest BCUT2D eigenvalue weighted by Gasteiger charge is 2.44. The van der Waals surface area contributed by atoms with Crippen LogP contribution in [0.4, 0.5) is 11.4 Å². The van der Waals surface area contributed by atoms with Crippen LogP contribution in [0.3, 0.4) is 0 Å². The van der Waals surface area contributed by atoms with Crippen molar-refractivity contribution in [2.75, 3.05) is 4.81 Å². The molecule has 62 heavy (non-hydrogen) atoms. The molecule has 6 heteroatoms. The first-order valence-electron chi connectivity index (χ1n) is 21.8. The second kappa shape index (κ2) is 11.6. The molecule has 296 valence electrons. The number of nitrogens with zero attached hydrogens (tertiary/aromatic N) is 2. The molecule has 14 rings (SSSR count). The number of rotatable bonds is 1. The highest BCUT2D eigenvalue weighted by molar-refractivity contribution is 7.26. The Labute approximate surface area is 362 Å². The minimum Gasteiger partial charge on any atom is -0.456 e. The van der Waals surface area contributed by atoms with Crippen molar-refractivity contribution < 1.29 is 8.83 Å². The van der Waals surface area contributed by atoms with Crippen LogP contribution in [-0.4, -0.2) is 11.4 Å². The summed E-state index contributed by atoms with van der Waals surface area (Å²) < 4.78 is 18.5. The van der Waals surface area contributed by atoms with Gasteiger partial charge in [-0.2, -0.15) is 0 Å². The van der Waals surface area contributed by atoms with Crippen molar-refractivity contribution in [3.63, 3.8) is 0 Å². The van der Waals surface area contributed by atoms with E-state index >= 15 is 0 Å². The van der Waals surface area contributed by atoms with Crippen LogP contribution in [-0.2, 0) is 10.8 Å². The predicted molar refractivity (Wildman–Crippen MR) is 265 cm³/mol. The molecular weight excluding hydrogens is 776 g/mol. The average molecular weight is 817 g/mol. The standard InChI is InChI=1S/C56H41BN2O2S/c1-55(2,3)30-15-18-32(19-16-30)59-45-26-41-39-23-31(56(4,5)6)17-22-48(39)61-49(41)27-38(45)35-20-21-36-37-24-40-33-11-7-9-13-47(33)60-50(40)28-44(37)58-46-29-52-42(34-12-8-10-14-51(34)62-52)25-43(46)57(59)53(35)54(36)58/h7-29H,1-6H3. The first-order valence-corrected chi connectivity index (χ1v) is 22.6. The van der Waals surface area contributed by atoms with Crippen LogP contribution in [0.2, 0.25) is 0 Å². The number of hydrogen-bond donors (Lipinski definition) is 0. The van der Waals surface area contributed by atoms with Crippen molar-refractivity contribution in [2.45, 2.75) is 52.4 Å². The Bertz CT molecular complexity index is 3960. The van der Waals surface area contributed by atoms with E-state index in [0.717, 1.165) is 49.4 Å². The zero-order valence-electron chi connectivity index (χ0n) is 35.5. The fourth-order valence-electron chi connectivity index (χ4n) is 11.0. The topological polar surface area (TPSA) is 34.5 Å². The Morgan fingerprint density at radius 2 is 1.16 bits per heavy atom. The lowest BCUT2D eigenvalue weighted by molar-refractivity contribution is 0.590. The van der Waals surface area contributed by atoms with Gasteiger partial charge in [-0.05, 0) is 99.1 Å². The van der Waals surface area contributed by atoms with Crippen LogP contribution in [0, 0.1) is 0 Å². The molecule has 0 bridgehead atoms. The summed E-state index contributed by atoms with van der Waals surface area (Å²) in [6, 6.07) is 52.6. The molecule has 0 amide bonds. The molecule has 8 aromatic carbocycles. The van der Waals surface area contributed by atoms with Gasteiger partial charge in [-0.25, -0.2) is 0 Å². The molecule has 0 radical (unpaired) electrons. The van der Waals surface area contributed by atoms with Gasteiger partial charge < -0.3 is 18.2 Å². The maximum atomic E-state index is 6.77. The molecule has 2 aliphatic rings. The lowest BCUT2D eigenvalue weighted by Gasteiger charge is -2.42. The highest BCUT2D eigenvalue weighted by Crippen LogP contribution is 2.49. The van der Waals surface area contributed by atoms with E-state index in [0.29, 0.717) is 0 Å². The summed E-state index contributed by atoms with van der Waals surface area (Å²) in [4.78, 5) is 2.65. The fraction of sp³-hybridized carbons (Fsp3) is 0.143. The number of furan rings is 2. The number of aromatic nitrogens is 1. The normalized spacial score (nSPS) is 13.9. The molecular formula is C56H41BN2O2S. The lowest BCUT2D eigenvalue weighted by atomic mass is 9.44. The van der Waals surface area contributed by atoms with Crippen LogP contribution in [0.25, 0.3) is 103 Å². The molecule has 0 fully saturated rings. The molecule has 0 spiro atoms. The maximum Gasteiger partial charge on any atom is 0.333 e. The summed E-state index contributed by atoms with van der Waals surface area (Å²) in [5.41, 5.74) is 17.4. The number of hydrogen-bond acceptors (Lipinski definition) is 4. The van der Waals surface area contributed by atoms with Crippen molar-refractivity contribution in [2.24, 2.45) is 0 Å². The summed E-state index contributed by atoms with van der Waals surface area (Å²) >= 11 is 1.88. The predicted octanol–water partition coefficient (Wildman–Crippen LogP) is 14.8. The molecule has 2 aliphatic heterocycles. The van der Waals surface area contributed by atoms with E-state index in [-0.39, 0.29) is 17.7 Å². The monoisotopic (exact) mass is 816 g/mol. The van der Waals surface area contributed by atoms with Crippen LogP contribution in [0.5, 0.6) is 0 Å². The molecule has 12 aromatic rings. The van der Waals surface area contributed by atoms with Gasteiger partial charge in [0.2, 0.25) is 0 Å². The van der Waals surface area contributed by atoms with E-state index in [2.05, 4.69) is 190 Å². The fourth-order valence-corrected chi connectivity index (χ4v) is 12.1. The summed E-state index contributed by atoms with van der Waals surface area (Å²) in [5, 5.41) is 9.69. The van der Waals surface area contributed by atoms with Crippen LogP contribution in [0.1, 0.15) is 52.7 Å². The van der Waals surface area contributed by atoms with Gasteiger partial charge in [0, 0.05) is 81.2 Å². The Kier molecular flexibility index (Phi) is 6.52. The van der Waals surface area contributed by atoms with Gasteiger partial charge in [0.15, 0.2) is 0 Å². The third-order valence-corrected chi connectivity index (χ3v) is 15.2. The zero-order chi connectivity index (χ0) is 41.6. The average Bonchev–Trinajstić information content (AvgIpc) is 4.01. The van der Waals surface area contributed by atoms with Crippen molar-refractivity contribution >= 4 is 126 Å². The van der Waals surface area contributed by atoms with Gasteiger partial charge in [0.1, 0.15) is 22.3 Å². The zero-order valence-corrected chi connectivity index (χ0v) is 36.3. The van der Waals surface area contributed by atoms with Gasteiger partial charge in [-0.1, -0.05) is 114 Å². The number of benzene rings is 8. The van der Waals surface area contributed by atoms with E-state index in [1.165, 1.54) is 86.7 Å². The quantitative estimate of drug-likeness (QED) is 0.155. The van der Waals surface area contributed by atoms with Crippen LogP contribution >= 0.6 is 11.3 Å². The SMILES string of the molecule is CC(C)(C)c1ccc(N2B3c4cc5c(cc4-n4c6cc7oc8ccccc8c7cc6c6ccc(c3c64)-c3cc4oc6ccc(C(C)(C)C)cc6c4cc32)sc2ccccc25)cc1. The maximum absolute atomic E-state index is 6.77. The second-order valence-corrected chi connectivity index (χ2v) is 20.8. The summed E-state index contributed by atoms with van der Waals surface area (Å²) in [7, 11) is 0. The Morgan fingerprint density at radius 3 is 1.97 bits per heavy atom. The second-order valence-electron chi connectivity index (χ2n) is 19.7. The summed E-state index contributed by atoms with van der Waals surface area (Å²) in [6.45, 7) is 13.6. The molecule has 4 aromatic heterocycles. The molecule has 0 saturated carbocycles. The Morgan fingerprint density at radius 1 is 0.468 bits per heavy atom. The van der Waals surface area contributed by atoms with E-state index in [1.807, 2.05) is 11.3 Å². The van der Waals surface area contributed by atoms with Gasteiger partial charge in [0.05, 0.1) is 11.0 Å². The van der Waals surface area contributed by atoms with Gasteiger partial charge in [0.25, 0.3) is 0 Å². The van der Waals surface area contributed by atoms with Gasteiger partial charge in [-0.15, -0.1) is 11.3 Å². The lowest BCUT2D eigenvalue weighted by Crippen LogP contribution is -2.60. The number of anilines is 2.